The molecule has 1 fully saturated rings. The molecule has 1 unspecified atom stereocenters. The maximum Gasteiger partial charge on any atom is 0.323 e. The van der Waals surface area contributed by atoms with Crippen molar-refractivity contribution in [2.45, 2.75) is 32.9 Å². The van der Waals surface area contributed by atoms with E-state index >= 15 is 0 Å². The van der Waals surface area contributed by atoms with Crippen molar-refractivity contribution in [1.82, 2.24) is 24.8 Å². The summed E-state index contributed by atoms with van der Waals surface area (Å²) in [5.41, 5.74) is 1.72. The summed E-state index contributed by atoms with van der Waals surface area (Å²) in [5.74, 6) is 0.531. The number of nitrogens with zero attached hydrogens (tertiary/aromatic N) is 5. The number of imidazole rings is 1. The van der Waals surface area contributed by atoms with Crippen molar-refractivity contribution in [1.29, 1.82) is 0 Å². The quantitative estimate of drug-likeness (QED) is 0.619. The van der Waals surface area contributed by atoms with Crippen molar-refractivity contribution >= 4 is 29.4 Å². The van der Waals surface area contributed by atoms with E-state index in [1.165, 1.54) is 4.90 Å². The summed E-state index contributed by atoms with van der Waals surface area (Å²) in [7, 11) is 0. The lowest BCUT2D eigenvalue weighted by atomic mass is 10.0. The molecule has 8 nitrogen and oxygen atoms in total. The second kappa shape index (κ2) is 8.31. The van der Waals surface area contributed by atoms with E-state index in [1.807, 2.05) is 55.8 Å². The average Bonchev–Trinajstić information content (AvgIpc) is 3.30. The summed E-state index contributed by atoms with van der Waals surface area (Å²) in [5, 5.41) is 6.27. The predicted molar refractivity (Wildman–Crippen MR) is 117 cm³/mol. The van der Waals surface area contributed by atoms with E-state index in [0.29, 0.717) is 16.8 Å². The summed E-state index contributed by atoms with van der Waals surface area (Å²) in [6, 6.07) is 7.63. The van der Waals surface area contributed by atoms with Gasteiger partial charge in [0.05, 0.1) is 26.8 Å². The van der Waals surface area contributed by atoms with Crippen LogP contribution in [0.15, 0.2) is 49.1 Å². The molecule has 1 aromatic carbocycles. The van der Waals surface area contributed by atoms with Crippen LogP contribution < -0.4 is 15.5 Å². The molecule has 3 aromatic rings. The van der Waals surface area contributed by atoms with Gasteiger partial charge in [-0.15, -0.1) is 0 Å². The summed E-state index contributed by atoms with van der Waals surface area (Å²) in [6.45, 7) is 3.82. The molecule has 1 aliphatic rings. The van der Waals surface area contributed by atoms with Gasteiger partial charge in [0.1, 0.15) is 5.82 Å². The van der Waals surface area contributed by atoms with Gasteiger partial charge in [0.2, 0.25) is 5.95 Å². The molecule has 156 valence electrons. The van der Waals surface area contributed by atoms with Gasteiger partial charge in [-0.25, -0.2) is 14.8 Å². The minimum Gasteiger partial charge on any atom is -0.346 e. The van der Waals surface area contributed by atoms with Crippen LogP contribution in [0.3, 0.4) is 0 Å². The van der Waals surface area contributed by atoms with Crippen LogP contribution in [-0.2, 0) is 0 Å². The summed E-state index contributed by atoms with van der Waals surface area (Å²) < 4.78 is 18.2. The molecule has 3 heterocycles. The molecule has 1 aliphatic heterocycles. The number of hydrogen-bond acceptors (Lipinski definition) is 5. The van der Waals surface area contributed by atoms with Crippen LogP contribution in [0.4, 0.5) is 16.6 Å². The highest BCUT2D eigenvalue weighted by molar-refractivity contribution is 6.30. The zero-order chi connectivity index (χ0) is 23.0. The van der Waals surface area contributed by atoms with Crippen LogP contribution in [0.2, 0.25) is 5.02 Å². The fourth-order valence-corrected chi connectivity index (χ4v) is 3.36. The summed E-state index contributed by atoms with van der Waals surface area (Å²) >= 11 is 5.96. The van der Waals surface area contributed by atoms with Crippen LogP contribution in [0, 0.1) is 5.92 Å². The Labute approximate surface area is 183 Å². The molecular formula is C21H24ClN7O. The van der Waals surface area contributed by atoms with Gasteiger partial charge in [-0.1, -0.05) is 25.4 Å². The zero-order valence-corrected chi connectivity index (χ0v) is 17.6. The standard InChI is InChI=1S/C21H24ClN7O/c1-13(2)18-10-24-21(30)29(18)19-8-9-23-20(27-19)26-14(3)17-11-28(12-25-17)16-6-4-15(22)5-7-16/h4-9,11-14,18H,10H2,1-3H3,(H,24,30)(H,23,26,27)/t14?,18-/m1/s1/i10D2. The van der Waals surface area contributed by atoms with Gasteiger partial charge >= 0.3 is 6.03 Å². The summed E-state index contributed by atoms with van der Waals surface area (Å²) in [4.78, 5) is 27.0. The highest BCUT2D eigenvalue weighted by atomic mass is 35.5. The van der Waals surface area contributed by atoms with E-state index < -0.39 is 18.6 Å². The van der Waals surface area contributed by atoms with Crippen molar-refractivity contribution in [2.75, 3.05) is 16.7 Å². The molecule has 30 heavy (non-hydrogen) atoms. The van der Waals surface area contributed by atoms with Gasteiger partial charge in [-0.3, -0.25) is 4.90 Å². The van der Waals surface area contributed by atoms with Gasteiger partial charge < -0.3 is 15.2 Å². The first-order chi connectivity index (χ1) is 15.2. The van der Waals surface area contributed by atoms with Crippen molar-refractivity contribution in [3.05, 3.63) is 59.8 Å². The molecule has 1 saturated heterocycles. The maximum absolute atomic E-state index is 12.5. The zero-order valence-electron chi connectivity index (χ0n) is 18.9. The number of urea groups is 1. The molecule has 0 bridgehead atoms. The molecule has 2 amide bonds. The van der Waals surface area contributed by atoms with Crippen LogP contribution in [0.5, 0.6) is 0 Å². The monoisotopic (exact) mass is 427 g/mol. The number of nitrogens with one attached hydrogen (secondary N) is 2. The second-order valence-electron chi connectivity index (χ2n) is 7.42. The Balaban J connectivity index is 1.53. The smallest absolute Gasteiger partial charge is 0.323 e. The Bertz CT molecular complexity index is 1120. The van der Waals surface area contributed by atoms with E-state index in [9.17, 15) is 4.79 Å². The Kier molecular flexibility index (Phi) is 4.91. The third-order valence-electron chi connectivity index (χ3n) is 4.86. The maximum atomic E-state index is 12.5. The minimum absolute atomic E-state index is 0.119. The molecular weight excluding hydrogens is 402 g/mol. The number of halogens is 1. The van der Waals surface area contributed by atoms with E-state index in [-0.39, 0.29) is 12.0 Å². The molecule has 0 spiro atoms. The van der Waals surface area contributed by atoms with Crippen LogP contribution in [0.25, 0.3) is 5.69 Å². The minimum atomic E-state index is -1.86. The molecule has 9 heteroatoms. The van der Waals surface area contributed by atoms with Crippen LogP contribution >= 0.6 is 11.6 Å². The number of hydrogen-bond donors (Lipinski definition) is 2. The molecule has 2 aromatic heterocycles. The highest BCUT2D eigenvalue weighted by Crippen LogP contribution is 2.24. The van der Waals surface area contributed by atoms with Gasteiger partial charge in [-0.05, 0) is 43.2 Å². The number of anilines is 2. The van der Waals surface area contributed by atoms with Gasteiger partial charge in [0.15, 0.2) is 0 Å². The number of benzene rings is 1. The van der Waals surface area contributed by atoms with E-state index in [0.717, 1.165) is 11.4 Å². The lowest BCUT2D eigenvalue weighted by molar-refractivity contribution is 0.251. The number of carbonyl (C=O) groups is 1. The topological polar surface area (TPSA) is 88.0 Å². The Morgan fingerprint density at radius 3 is 2.73 bits per heavy atom. The Hall–Kier alpha value is -3.13. The van der Waals surface area contributed by atoms with Crippen LogP contribution in [0.1, 0.15) is 35.2 Å². The molecule has 0 radical (unpaired) electrons. The van der Waals surface area contributed by atoms with Crippen molar-refractivity contribution in [3.8, 4) is 5.69 Å². The third-order valence-corrected chi connectivity index (χ3v) is 5.11. The first-order valence-electron chi connectivity index (χ1n) is 10.7. The number of amides is 2. The van der Waals surface area contributed by atoms with Gasteiger partial charge in [0, 0.05) is 29.6 Å². The molecule has 0 aliphatic carbocycles. The number of carbonyl (C=O) groups excluding carboxylic acids is 1. The molecule has 0 saturated carbocycles. The predicted octanol–water partition coefficient (Wildman–Crippen LogP) is 4.04. The van der Waals surface area contributed by atoms with Gasteiger partial charge in [-0.2, -0.15) is 4.98 Å². The SMILES string of the molecule is [2H]C1([2H])NC(=O)N(c2ccnc(NC(C)c3cn(-c4ccc(Cl)cc4)cn3)n2)[C@H]1C(C)C. The summed E-state index contributed by atoms with van der Waals surface area (Å²) in [6.07, 6.45) is 5.17. The van der Waals surface area contributed by atoms with E-state index in [2.05, 4.69) is 25.6 Å². The fourth-order valence-electron chi connectivity index (χ4n) is 3.23. The van der Waals surface area contributed by atoms with E-state index in [4.69, 9.17) is 14.3 Å². The number of aromatic nitrogens is 4. The normalized spacial score (nSPS) is 20.0. The molecule has 2 atom stereocenters. The lowest BCUT2D eigenvalue weighted by Gasteiger charge is -2.25. The second-order valence-corrected chi connectivity index (χ2v) is 7.86. The number of rotatable bonds is 6. The van der Waals surface area contributed by atoms with Crippen molar-refractivity contribution < 1.29 is 7.54 Å². The fraction of sp³-hybridized carbons (Fsp3) is 0.333. The first-order valence-corrected chi connectivity index (χ1v) is 10.0. The van der Waals surface area contributed by atoms with Crippen molar-refractivity contribution in [3.63, 3.8) is 0 Å². The lowest BCUT2D eigenvalue weighted by Crippen LogP contribution is -2.38. The third kappa shape index (κ3) is 4.09. The van der Waals surface area contributed by atoms with Gasteiger partial charge in [0.25, 0.3) is 0 Å². The first kappa shape index (κ1) is 17.7. The Morgan fingerprint density at radius 1 is 1.23 bits per heavy atom. The van der Waals surface area contributed by atoms with Crippen LogP contribution in [-0.4, -0.2) is 38.1 Å². The van der Waals surface area contributed by atoms with Crippen molar-refractivity contribution in [2.24, 2.45) is 5.92 Å². The largest absolute Gasteiger partial charge is 0.346 e. The average molecular weight is 428 g/mol. The molecule has 2 N–H and O–H groups in total. The van der Waals surface area contributed by atoms with E-state index in [1.54, 1.807) is 18.6 Å². The molecule has 4 rings (SSSR count). The highest BCUT2D eigenvalue weighted by Gasteiger charge is 2.34. The Morgan fingerprint density at radius 2 is 2.00 bits per heavy atom.